The molecular weight excluding hydrogens is 391 g/mol. The number of alkyl halides is 3. The smallest absolute Gasteiger partial charge is 0.279 e. The first kappa shape index (κ1) is 19.2. The molecular formula is C16H11Cl3N2O4. The van der Waals surface area contributed by atoms with Crippen molar-refractivity contribution in [1.82, 2.24) is 0 Å². The minimum Gasteiger partial charge on any atom is -0.301 e. The highest BCUT2D eigenvalue weighted by Gasteiger charge is 2.36. The molecule has 2 aromatic rings. The average Bonchev–Trinajstić information content (AvgIpc) is 2.59. The van der Waals surface area contributed by atoms with Crippen molar-refractivity contribution in [3.8, 4) is 0 Å². The summed E-state index contributed by atoms with van der Waals surface area (Å²) in [5, 5.41) is 10.7. The molecule has 0 fully saturated rings. The van der Waals surface area contributed by atoms with Crippen molar-refractivity contribution in [2.45, 2.75) is 3.79 Å². The van der Waals surface area contributed by atoms with Gasteiger partial charge in [0, 0.05) is 23.4 Å². The number of nitrogens with zero attached hydrogens (tertiary/aromatic N) is 2. The van der Waals surface area contributed by atoms with Crippen LogP contribution in [0.25, 0.3) is 0 Å². The van der Waals surface area contributed by atoms with Gasteiger partial charge in [0.05, 0.1) is 11.5 Å². The molecule has 2 aromatic carbocycles. The van der Waals surface area contributed by atoms with Crippen LogP contribution in [-0.2, 0) is 4.79 Å². The fraction of sp³-hybridized carbons (Fsp3) is 0.125. The third-order valence-electron chi connectivity index (χ3n) is 3.26. The van der Waals surface area contributed by atoms with Crippen LogP contribution in [0, 0.1) is 10.1 Å². The molecule has 0 atom stereocenters. The summed E-state index contributed by atoms with van der Waals surface area (Å²) >= 11 is 17.0. The number of halogens is 3. The molecule has 2 rings (SSSR count). The lowest BCUT2D eigenvalue weighted by Gasteiger charge is -2.25. The number of benzene rings is 2. The Morgan fingerprint density at radius 1 is 1.00 bits per heavy atom. The van der Waals surface area contributed by atoms with E-state index in [1.54, 1.807) is 30.3 Å². The molecule has 1 amide bonds. The molecule has 25 heavy (non-hydrogen) atoms. The number of ketones is 1. The fourth-order valence-corrected chi connectivity index (χ4v) is 2.35. The molecule has 0 N–H and O–H groups in total. The Bertz CT molecular complexity index is 789. The molecule has 9 heteroatoms. The van der Waals surface area contributed by atoms with Gasteiger partial charge in [0.25, 0.3) is 15.4 Å². The Kier molecular flexibility index (Phi) is 6.00. The van der Waals surface area contributed by atoms with Gasteiger partial charge in [0.15, 0.2) is 5.78 Å². The van der Waals surface area contributed by atoms with Crippen LogP contribution in [0.3, 0.4) is 0 Å². The summed E-state index contributed by atoms with van der Waals surface area (Å²) in [7, 11) is 0. The number of para-hydroxylation sites is 1. The first-order valence-corrected chi connectivity index (χ1v) is 8.05. The van der Waals surface area contributed by atoms with Crippen molar-refractivity contribution in [2.24, 2.45) is 0 Å². The van der Waals surface area contributed by atoms with Crippen molar-refractivity contribution >= 4 is 57.9 Å². The summed E-state index contributed by atoms with van der Waals surface area (Å²) in [6.07, 6.45) is 0. The van der Waals surface area contributed by atoms with E-state index in [1.807, 2.05) is 0 Å². The van der Waals surface area contributed by atoms with E-state index in [4.69, 9.17) is 34.8 Å². The van der Waals surface area contributed by atoms with E-state index in [1.165, 1.54) is 24.3 Å². The number of non-ortho nitro benzene ring substituents is 1. The Morgan fingerprint density at radius 3 is 2.04 bits per heavy atom. The number of hydrogen-bond donors (Lipinski definition) is 0. The molecule has 6 nitrogen and oxygen atoms in total. The van der Waals surface area contributed by atoms with Gasteiger partial charge in [0.1, 0.15) is 0 Å². The second kappa shape index (κ2) is 7.82. The summed E-state index contributed by atoms with van der Waals surface area (Å²) < 4.78 is -2.23. The standard InChI is InChI=1S/C16H11Cl3N2O4/c17-16(18,19)15(23)20(12-4-2-1-3-5-12)10-14(22)11-6-8-13(9-7-11)21(24)25/h1-9H,10H2. The quantitative estimate of drug-likeness (QED) is 0.326. The highest BCUT2D eigenvalue weighted by Crippen LogP contribution is 2.31. The number of carbonyl (C=O) groups is 2. The summed E-state index contributed by atoms with van der Waals surface area (Å²) in [6, 6.07) is 13.3. The monoisotopic (exact) mass is 400 g/mol. The molecule has 0 aromatic heterocycles. The van der Waals surface area contributed by atoms with Crippen molar-refractivity contribution in [1.29, 1.82) is 0 Å². The van der Waals surface area contributed by atoms with Crippen molar-refractivity contribution in [3.63, 3.8) is 0 Å². The molecule has 0 saturated carbocycles. The highest BCUT2D eigenvalue weighted by atomic mass is 35.6. The SMILES string of the molecule is O=C(CN(C(=O)C(Cl)(Cl)Cl)c1ccccc1)c1ccc([N+](=O)[O-])cc1. The number of hydrogen-bond acceptors (Lipinski definition) is 4. The zero-order chi connectivity index (χ0) is 18.6. The molecule has 0 unspecified atom stereocenters. The van der Waals surface area contributed by atoms with Gasteiger partial charge in [-0.1, -0.05) is 53.0 Å². The first-order valence-electron chi connectivity index (χ1n) is 6.91. The molecule has 0 spiro atoms. The number of nitro groups is 1. The number of Topliss-reactive ketones (excluding diaryl/α,β-unsaturated/α-hetero) is 1. The fourth-order valence-electron chi connectivity index (χ4n) is 2.05. The summed E-state index contributed by atoms with van der Waals surface area (Å²) in [6.45, 7) is -0.380. The molecule has 0 aliphatic heterocycles. The van der Waals surface area contributed by atoms with Gasteiger partial charge in [-0.2, -0.15) is 0 Å². The van der Waals surface area contributed by atoms with Crippen molar-refractivity contribution < 1.29 is 14.5 Å². The van der Waals surface area contributed by atoms with Crippen LogP contribution in [0.15, 0.2) is 54.6 Å². The van der Waals surface area contributed by atoms with Crippen LogP contribution in [0.2, 0.25) is 0 Å². The maximum Gasteiger partial charge on any atom is 0.279 e. The van der Waals surface area contributed by atoms with E-state index < -0.39 is 20.4 Å². The van der Waals surface area contributed by atoms with Crippen LogP contribution in [0.4, 0.5) is 11.4 Å². The third-order valence-corrected chi connectivity index (χ3v) is 3.74. The van der Waals surface area contributed by atoms with E-state index in [-0.39, 0.29) is 17.8 Å². The molecule has 0 saturated heterocycles. The molecule has 0 heterocycles. The van der Waals surface area contributed by atoms with Crippen molar-refractivity contribution in [3.05, 3.63) is 70.3 Å². The number of rotatable bonds is 5. The zero-order valence-electron chi connectivity index (χ0n) is 12.6. The van der Waals surface area contributed by atoms with Gasteiger partial charge in [0.2, 0.25) is 0 Å². The number of nitro benzene ring substituents is 1. The Balaban J connectivity index is 2.28. The lowest BCUT2D eigenvalue weighted by atomic mass is 10.1. The second-order valence-electron chi connectivity index (χ2n) is 4.95. The molecule has 0 aliphatic carbocycles. The predicted molar refractivity (Wildman–Crippen MR) is 96.5 cm³/mol. The topological polar surface area (TPSA) is 80.5 Å². The van der Waals surface area contributed by atoms with Crippen LogP contribution >= 0.6 is 34.8 Å². The van der Waals surface area contributed by atoms with Gasteiger partial charge in [-0.3, -0.25) is 19.7 Å². The van der Waals surface area contributed by atoms with Crippen molar-refractivity contribution in [2.75, 3.05) is 11.4 Å². The van der Waals surface area contributed by atoms with Crippen LogP contribution in [0.5, 0.6) is 0 Å². The van der Waals surface area contributed by atoms with Crippen LogP contribution < -0.4 is 4.90 Å². The second-order valence-corrected chi connectivity index (χ2v) is 7.23. The lowest BCUT2D eigenvalue weighted by molar-refractivity contribution is -0.384. The Hall–Kier alpha value is -2.15. The number of amides is 1. The van der Waals surface area contributed by atoms with Gasteiger partial charge in [-0.25, -0.2) is 0 Å². The molecule has 0 aliphatic rings. The summed E-state index contributed by atoms with van der Waals surface area (Å²) in [5.74, 6) is -1.33. The summed E-state index contributed by atoms with van der Waals surface area (Å²) in [4.78, 5) is 36.0. The third kappa shape index (κ3) is 4.92. The number of anilines is 1. The molecule has 130 valence electrons. The predicted octanol–water partition coefficient (Wildman–Crippen LogP) is 4.18. The maximum atomic E-state index is 12.4. The average molecular weight is 402 g/mol. The minimum atomic E-state index is -2.23. The molecule has 0 radical (unpaired) electrons. The Morgan fingerprint density at radius 2 is 1.56 bits per heavy atom. The van der Waals surface area contributed by atoms with Crippen LogP contribution in [0.1, 0.15) is 10.4 Å². The molecule has 0 bridgehead atoms. The minimum absolute atomic E-state index is 0.145. The largest absolute Gasteiger partial charge is 0.301 e. The van der Waals surface area contributed by atoms with E-state index in [0.717, 1.165) is 4.90 Å². The van der Waals surface area contributed by atoms with Gasteiger partial charge in [-0.15, -0.1) is 0 Å². The van der Waals surface area contributed by atoms with E-state index in [0.29, 0.717) is 5.69 Å². The number of carbonyl (C=O) groups excluding carboxylic acids is 2. The normalized spacial score (nSPS) is 11.0. The van der Waals surface area contributed by atoms with Crippen LogP contribution in [-0.4, -0.2) is 27.0 Å². The van der Waals surface area contributed by atoms with E-state index >= 15 is 0 Å². The zero-order valence-corrected chi connectivity index (χ0v) is 14.8. The first-order chi connectivity index (χ1) is 11.7. The van der Waals surface area contributed by atoms with E-state index in [9.17, 15) is 19.7 Å². The van der Waals surface area contributed by atoms with Gasteiger partial charge < -0.3 is 4.90 Å². The van der Waals surface area contributed by atoms with Gasteiger partial charge in [-0.05, 0) is 24.3 Å². The highest BCUT2D eigenvalue weighted by molar-refractivity contribution is 6.77. The summed E-state index contributed by atoms with van der Waals surface area (Å²) in [5.41, 5.74) is 0.437. The van der Waals surface area contributed by atoms with Gasteiger partial charge >= 0.3 is 0 Å². The maximum absolute atomic E-state index is 12.4. The van der Waals surface area contributed by atoms with E-state index in [2.05, 4.69) is 0 Å². The Labute approximate surface area is 158 Å². The lowest BCUT2D eigenvalue weighted by Crippen LogP contribution is -2.42.